The Bertz CT molecular complexity index is 590. The molecule has 0 bridgehead atoms. The molecule has 1 saturated heterocycles. The second-order valence-corrected chi connectivity index (χ2v) is 5.50. The van der Waals surface area contributed by atoms with Gasteiger partial charge in [0.2, 0.25) is 5.91 Å². The van der Waals surface area contributed by atoms with E-state index in [2.05, 4.69) is 0 Å². The zero-order chi connectivity index (χ0) is 17.5. The van der Waals surface area contributed by atoms with Gasteiger partial charge < -0.3 is 19.6 Å². The smallest absolute Gasteiger partial charge is 0.305 e. The molecule has 130 valence electrons. The first kappa shape index (κ1) is 17.9. The van der Waals surface area contributed by atoms with Crippen LogP contribution in [0, 0.1) is 0 Å². The van der Waals surface area contributed by atoms with E-state index in [1.165, 1.54) is 4.90 Å². The van der Waals surface area contributed by atoms with Crippen LogP contribution in [0.3, 0.4) is 0 Å². The Balaban J connectivity index is 2.14. The van der Waals surface area contributed by atoms with Crippen LogP contribution in [-0.2, 0) is 14.3 Å². The van der Waals surface area contributed by atoms with Crippen molar-refractivity contribution in [2.45, 2.75) is 19.4 Å². The minimum atomic E-state index is -1.11. The van der Waals surface area contributed by atoms with E-state index in [9.17, 15) is 14.4 Å². The van der Waals surface area contributed by atoms with E-state index in [1.807, 2.05) is 6.92 Å². The number of piperazine rings is 1. The average molecular weight is 334 g/mol. The molecule has 1 heterocycles. The molecule has 0 spiro atoms. The monoisotopic (exact) mass is 334 g/mol. The Hall–Kier alpha value is -2.41. The Morgan fingerprint density at radius 2 is 1.96 bits per heavy atom. The Morgan fingerprint density at radius 1 is 1.25 bits per heavy atom. The highest BCUT2D eigenvalue weighted by molar-refractivity contribution is 5.99. The summed E-state index contributed by atoms with van der Waals surface area (Å²) in [5.74, 6) is -1.77. The molecule has 2 rings (SSSR count). The number of nitrogens with zero attached hydrogens (tertiary/aromatic N) is 2. The number of hydrogen-bond acceptors (Lipinski definition) is 4. The van der Waals surface area contributed by atoms with Crippen LogP contribution >= 0.6 is 0 Å². The lowest BCUT2D eigenvalue weighted by Gasteiger charge is -2.40. The summed E-state index contributed by atoms with van der Waals surface area (Å²) in [6.07, 6.45) is -0.400. The number of carboxylic acid groups (broad SMARTS) is 1. The van der Waals surface area contributed by atoms with Gasteiger partial charge in [-0.05, 0) is 19.1 Å². The van der Waals surface area contributed by atoms with Gasteiger partial charge in [0, 0.05) is 31.8 Å². The van der Waals surface area contributed by atoms with Gasteiger partial charge in [0.25, 0.3) is 5.91 Å². The summed E-state index contributed by atoms with van der Waals surface area (Å²) >= 11 is 0. The van der Waals surface area contributed by atoms with Gasteiger partial charge in [-0.3, -0.25) is 14.4 Å². The Kier molecular flexibility index (Phi) is 6.31. The number of hydrogen-bond donors (Lipinski definition) is 1. The van der Waals surface area contributed by atoms with Crippen molar-refractivity contribution in [3.05, 3.63) is 35.9 Å². The molecule has 0 aliphatic carbocycles. The standard InChI is InChI=1S/C17H22N2O5/c1-2-24-11-10-18-8-9-19(14(17(18)23)12-15(20)21)16(22)13-6-4-3-5-7-13/h3-7,14H,2,8-12H2,1H3,(H,20,21). The fraction of sp³-hybridized carbons (Fsp3) is 0.471. The maximum atomic E-state index is 12.6. The van der Waals surface area contributed by atoms with Crippen molar-refractivity contribution in [2.75, 3.05) is 32.8 Å². The number of amides is 2. The van der Waals surface area contributed by atoms with Crippen LogP contribution in [0.5, 0.6) is 0 Å². The van der Waals surface area contributed by atoms with E-state index in [-0.39, 0.29) is 11.8 Å². The molecule has 1 aromatic carbocycles. The summed E-state index contributed by atoms with van der Waals surface area (Å²) in [6.45, 7) is 3.90. The summed E-state index contributed by atoms with van der Waals surface area (Å²) in [7, 11) is 0. The number of carbonyl (C=O) groups is 3. The number of rotatable bonds is 7. The summed E-state index contributed by atoms with van der Waals surface area (Å²) < 4.78 is 5.25. The summed E-state index contributed by atoms with van der Waals surface area (Å²) in [4.78, 5) is 39.3. The summed E-state index contributed by atoms with van der Waals surface area (Å²) in [5, 5.41) is 9.12. The molecule has 0 aromatic heterocycles. The van der Waals surface area contributed by atoms with Crippen LogP contribution in [-0.4, -0.2) is 71.6 Å². The lowest BCUT2D eigenvalue weighted by molar-refractivity contribution is -0.148. The van der Waals surface area contributed by atoms with Crippen molar-refractivity contribution < 1.29 is 24.2 Å². The first-order valence-electron chi connectivity index (χ1n) is 7.99. The highest BCUT2D eigenvalue weighted by Crippen LogP contribution is 2.18. The largest absolute Gasteiger partial charge is 0.481 e. The van der Waals surface area contributed by atoms with Gasteiger partial charge in [0.15, 0.2) is 0 Å². The molecule has 0 saturated carbocycles. The van der Waals surface area contributed by atoms with E-state index in [0.29, 0.717) is 38.4 Å². The average Bonchev–Trinajstić information content (AvgIpc) is 2.58. The fourth-order valence-electron chi connectivity index (χ4n) is 2.73. The third kappa shape index (κ3) is 4.32. The van der Waals surface area contributed by atoms with Gasteiger partial charge in [-0.25, -0.2) is 0 Å². The van der Waals surface area contributed by atoms with Gasteiger partial charge in [0.05, 0.1) is 13.0 Å². The Labute approximate surface area is 140 Å². The van der Waals surface area contributed by atoms with Crippen molar-refractivity contribution in [2.24, 2.45) is 0 Å². The first-order chi connectivity index (χ1) is 11.5. The lowest BCUT2D eigenvalue weighted by atomic mass is 10.0. The van der Waals surface area contributed by atoms with Gasteiger partial charge in [0.1, 0.15) is 6.04 Å². The zero-order valence-electron chi connectivity index (χ0n) is 13.7. The maximum absolute atomic E-state index is 12.6. The summed E-state index contributed by atoms with van der Waals surface area (Å²) in [6, 6.07) is 7.60. The van der Waals surface area contributed by atoms with E-state index in [4.69, 9.17) is 9.84 Å². The third-order valence-electron chi connectivity index (χ3n) is 3.94. The molecular weight excluding hydrogens is 312 g/mol. The van der Waals surface area contributed by atoms with Gasteiger partial charge >= 0.3 is 5.97 Å². The van der Waals surface area contributed by atoms with E-state index in [1.54, 1.807) is 35.2 Å². The molecule has 24 heavy (non-hydrogen) atoms. The van der Waals surface area contributed by atoms with Gasteiger partial charge in [-0.15, -0.1) is 0 Å². The molecule has 1 fully saturated rings. The van der Waals surface area contributed by atoms with Crippen LogP contribution in [0.15, 0.2) is 30.3 Å². The predicted molar refractivity (Wildman–Crippen MR) is 86.6 cm³/mol. The van der Waals surface area contributed by atoms with Crippen LogP contribution in [0.2, 0.25) is 0 Å². The molecule has 1 unspecified atom stereocenters. The number of benzene rings is 1. The quantitative estimate of drug-likeness (QED) is 0.747. The second-order valence-electron chi connectivity index (χ2n) is 5.50. The molecule has 1 aliphatic heterocycles. The first-order valence-corrected chi connectivity index (χ1v) is 7.99. The van der Waals surface area contributed by atoms with Crippen LogP contribution in [0.4, 0.5) is 0 Å². The zero-order valence-corrected chi connectivity index (χ0v) is 13.7. The van der Waals surface area contributed by atoms with E-state index in [0.717, 1.165) is 0 Å². The van der Waals surface area contributed by atoms with Crippen LogP contribution < -0.4 is 0 Å². The minimum absolute atomic E-state index is 0.309. The normalized spacial score (nSPS) is 17.9. The lowest BCUT2D eigenvalue weighted by Crippen LogP contribution is -2.59. The third-order valence-corrected chi connectivity index (χ3v) is 3.94. The SMILES string of the molecule is CCOCCN1CCN(C(=O)c2ccccc2)C(CC(=O)O)C1=O. The van der Waals surface area contributed by atoms with Crippen molar-refractivity contribution in [3.63, 3.8) is 0 Å². The molecule has 1 aliphatic rings. The number of carbonyl (C=O) groups excluding carboxylic acids is 2. The topological polar surface area (TPSA) is 87.2 Å². The highest BCUT2D eigenvalue weighted by atomic mass is 16.5. The maximum Gasteiger partial charge on any atom is 0.305 e. The highest BCUT2D eigenvalue weighted by Gasteiger charge is 2.38. The van der Waals surface area contributed by atoms with Gasteiger partial charge in [-0.2, -0.15) is 0 Å². The van der Waals surface area contributed by atoms with Crippen molar-refractivity contribution >= 4 is 17.8 Å². The summed E-state index contributed by atoms with van der Waals surface area (Å²) in [5.41, 5.74) is 0.448. The van der Waals surface area contributed by atoms with E-state index >= 15 is 0 Å². The van der Waals surface area contributed by atoms with Gasteiger partial charge in [-0.1, -0.05) is 18.2 Å². The molecule has 1 atom stereocenters. The van der Waals surface area contributed by atoms with Crippen molar-refractivity contribution in [3.8, 4) is 0 Å². The second kappa shape index (κ2) is 8.44. The molecule has 0 radical (unpaired) electrons. The van der Waals surface area contributed by atoms with Crippen LogP contribution in [0.25, 0.3) is 0 Å². The molecule has 1 aromatic rings. The number of ether oxygens (including phenoxy) is 1. The number of carboxylic acids is 1. The van der Waals surface area contributed by atoms with Crippen molar-refractivity contribution in [1.29, 1.82) is 0 Å². The predicted octanol–water partition coefficient (Wildman–Crippen LogP) is 0.851. The minimum Gasteiger partial charge on any atom is -0.481 e. The Morgan fingerprint density at radius 3 is 2.58 bits per heavy atom. The fourth-order valence-corrected chi connectivity index (χ4v) is 2.73. The number of aliphatic carboxylic acids is 1. The molecular formula is C17H22N2O5. The van der Waals surface area contributed by atoms with Crippen LogP contribution in [0.1, 0.15) is 23.7 Å². The van der Waals surface area contributed by atoms with E-state index < -0.39 is 18.4 Å². The molecule has 2 amide bonds. The molecule has 1 N–H and O–H groups in total. The molecule has 7 heteroatoms. The van der Waals surface area contributed by atoms with Crippen molar-refractivity contribution in [1.82, 2.24) is 9.80 Å². The molecule has 7 nitrogen and oxygen atoms in total.